The molecule has 320 valence electrons. The van der Waals surface area contributed by atoms with Crippen molar-refractivity contribution in [1.29, 1.82) is 0 Å². The quantitative estimate of drug-likeness (QED) is 0.0711. The van der Waals surface area contributed by atoms with Crippen LogP contribution in [0.1, 0.15) is 22.3 Å². The van der Waals surface area contributed by atoms with Crippen molar-refractivity contribution in [2.75, 3.05) is 66.4 Å². The molecule has 0 atom stereocenters. The lowest BCUT2D eigenvalue weighted by molar-refractivity contribution is 0.274. The predicted octanol–water partition coefficient (Wildman–Crippen LogP) is 8.15. The molecule has 0 unspecified atom stereocenters. The molecule has 3 N–H and O–H groups in total. The maximum Gasteiger partial charge on any atom is 0.321 e. The molecule has 0 saturated heterocycles. The lowest BCUT2D eigenvalue weighted by Gasteiger charge is -2.12. The summed E-state index contributed by atoms with van der Waals surface area (Å²) in [4.78, 5) is 16.7. The van der Waals surface area contributed by atoms with Crippen molar-refractivity contribution < 1.29 is 38.3 Å². The van der Waals surface area contributed by atoms with Gasteiger partial charge in [0.15, 0.2) is 0 Å². The molecule has 0 amide bonds. The summed E-state index contributed by atoms with van der Waals surface area (Å²) in [5.41, 5.74) is 4.17. The zero-order valence-corrected chi connectivity index (χ0v) is 36.1. The van der Waals surface area contributed by atoms with Gasteiger partial charge in [-0.2, -0.15) is 19.9 Å². The molecule has 0 aliphatic rings. The van der Waals surface area contributed by atoms with Crippen LogP contribution in [0.2, 0.25) is 5.15 Å². The largest absolute Gasteiger partial charge is 0.497 e. The fourth-order valence-corrected chi connectivity index (χ4v) is 5.48. The number of aliphatic hydroxyl groups is 1. The Balaban J connectivity index is 0.000000267. The minimum absolute atomic E-state index is 0. The third-order valence-corrected chi connectivity index (χ3v) is 8.60. The summed E-state index contributed by atoms with van der Waals surface area (Å²) < 4.78 is 36.6. The molecule has 0 fully saturated rings. The number of ether oxygens (including phenoxy) is 7. The fraction of sp³-hybridized carbons (Fsp3) is 0.273. The summed E-state index contributed by atoms with van der Waals surface area (Å²) in [5, 5.41) is 15.6. The van der Waals surface area contributed by atoms with Crippen LogP contribution in [0.5, 0.6) is 40.9 Å². The van der Waals surface area contributed by atoms with Crippen molar-refractivity contribution in [3.05, 3.63) is 137 Å². The average molecular weight is 864 g/mol. The van der Waals surface area contributed by atoms with Crippen LogP contribution in [0, 0.1) is 0 Å². The Morgan fingerprint density at radius 1 is 0.533 bits per heavy atom. The van der Waals surface area contributed by atoms with Crippen molar-refractivity contribution in [2.24, 2.45) is 0 Å². The molecule has 0 bridgehead atoms. The highest BCUT2D eigenvalue weighted by molar-refractivity contribution is 6.29. The number of aliphatic hydroxyl groups excluding tert-OH is 1. The molecule has 6 aromatic rings. The number of halogens is 2. The number of nitrogens with one attached hydrogen (secondary N) is 2. The Hall–Kier alpha value is -6.22. The first-order valence-corrected chi connectivity index (χ1v) is 18.9. The number of anilines is 2. The molecular formula is C44H52Cl2N6O8. The highest BCUT2D eigenvalue weighted by atomic mass is 35.5. The van der Waals surface area contributed by atoms with Crippen LogP contribution in [0.15, 0.2) is 109 Å². The smallest absolute Gasteiger partial charge is 0.321 e. The van der Waals surface area contributed by atoms with Gasteiger partial charge in [0.2, 0.25) is 5.88 Å². The van der Waals surface area contributed by atoms with Crippen LogP contribution in [0.3, 0.4) is 0 Å². The van der Waals surface area contributed by atoms with E-state index in [9.17, 15) is 0 Å². The van der Waals surface area contributed by atoms with E-state index in [2.05, 4.69) is 30.6 Å². The van der Waals surface area contributed by atoms with Gasteiger partial charge in [0, 0.05) is 36.3 Å². The van der Waals surface area contributed by atoms with E-state index >= 15 is 0 Å². The third-order valence-electron chi connectivity index (χ3n) is 8.41. The summed E-state index contributed by atoms with van der Waals surface area (Å²) in [5.74, 6) is 4.93. The number of aromatic nitrogens is 4. The van der Waals surface area contributed by atoms with E-state index in [0.717, 1.165) is 53.5 Å². The zero-order chi connectivity index (χ0) is 42.2. The van der Waals surface area contributed by atoms with Crippen molar-refractivity contribution >= 4 is 35.6 Å². The monoisotopic (exact) mass is 862 g/mol. The Kier molecular flexibility index (Phi) is 21.4. The predicted molar refractivity (Wildman–Crippen MR) is 236 cm³/mol. The molecule has 0 aliphatic heterocycles. The van der Waals surface area contributed by atoms with Crippen molar-refractivity contribution in [3.63, 3.8) is 0 Å². The molecule has 16 heteroatoms. The summed E-state index contributed by atoms with van der Waals surface area (Å²) in [6, 6.07) is 35.0. The van der Waals surface area contributed by atoms with Gasteiger partial charge in [-0.25, -0.2) is 0 Å². The van der Waals surface area contributed by atoms with Crippen LogP contribution >= 0.6 is 24.0 Å². The number of nitrogens with zero attached hydrogens (tertiary/aromatic N) is 4. The molecule has 60 heavy (non-hydrogen) atoms. The van der Waals surface area contributed by atoms with E-state index < -0.39 is 0 Å². The Morgan fingerprint density at radius 3 is 1.47 bits per heavy atom. The van der Waals surface area contributed by atoms with Crippen LogP contribution in [0.25, 0.3) is 0 Å². The maximum absolute atomic E-state index is 8.77. The average Bonchev–Trinajstić information content (AvgIpc) is 3.29. The van der Waals surface area contributed by atoms with E-state index in [4.69, 9.17) is 49.9 Å². The van der Waals surface area contributed by atoms with Gasteiger partial charge in [0.05, 0.1) is 49.3 Å². The summed E-state index contributed by atoms with van der Waals surface area (Å²) in [6.07, 6.45) is 1.71. The summed E-state index contributed by atoms with van der Waals surface area (Å²) in [6.45, 7) is 1.81. The van der Waals surface area contributed by atoms with E-state index in [1.807, 2.05) is 97.1 Å². The number of hydrogen-bond acceptors (Lipinski definition) is 14. The van der Waals surface area contributed by atoms with Gasteiger partial charge in [-0.3, -0.25) is 0 Å². The van der Waals surface area contributed by atoms with Crippen molar-refractivity contribution in [2.45, 2.75) is 26.1 Å². The van der Waals surface area contributed by atoms with Gasteiger partial charge in [0.1, 0.15) is 46.4 Å². The minimum Gasteiger partial charge on any atom is -0.497 e. The summed E-state index contributed by atoms with van der Waals surface area (Å²) >= 11 is 5.87. The maximum atomic E-state index is 8.77. The van der Waals surface area contributed by atoms with Crippen LogP contribution in [-0.2, 0) is 26.1 Å². The van der Waals surface area contributed by atoms with Gasteiger partial charge in [-0.1, -0.05) is 72.3 Å². The Bertz CT molecular complexity index is 2110. The lowest BCUT2D eigenvalue weighted by atomic mass is 10.1. The van der Waals surface area contributed by atoms with Gasteiger partial charge < -0.3 is 48.9 Å². The van der Waals surface area contributed by atoms with Gasteiger partial charge >= 0.3 is 12.0 Å². The molecule has 4 aromatic carbocycles. The first-order chi connectivity index (χ1) is 28.8. The Labute approximate surface area is 362 Å². The van der Waals surface area contributed by atoms with E-state index in [0.29, 0.717) is 35.8 Å². The number of rotatable bonds is 18. The zero-order valence-electron chi connectivity index (χ0n) is 34.5. The highest BCUT2D eigenvalue weighted by Crippen LogP contribution is 2.23. The van der Waals surface area contributed by atoms with E-state index in [-0.39, 0.29) is 31.0 Å². The van der Waals surface area contributed by atoms with E-state index in [1.54, 1.807) is 40.6 Å². The molecular weight excluding hydrogens is 811 g/mol. The molecule has 0 spiro atoms. The first kappa shape index (κ1) is 48.2. The second-order valence-electron chi connectivity index (χ2n) is 12.3. The second-order valence-corrected chi connectivity index (χ2v) is 12.6. The number of benzene rings is 4. The molecule has 2 aromatic heterocycles. The molecule has 0 aliphatic carbocycles. The second kappa shape index (κ2) is 26.7. The first-order valence-electron chi connectivity index (χ1n) is 18.5. The molecule has 6 rings (SSSR count). The van der Waals surface area contributed by atoms with Crippen LogP contribution in [-0.4, -0.2) is 80.8 Å². The van der Waals surface area contributed by atoms with E-state index in [1.165, 1.54) is 25.3 Å². The highest BCUT2D eigenvalue weighted by Gasteiger charge is 2.09. The molecule has 0 saturated carbocycles. The van der Waals surface area contributed by atoms with Gasteiger partial charge in [0.25, 0.3) is 0 Å². The van der Waals surface area contributed by atoms with Crippen molar-refractivity contribution in [3.8, 4) is 40.9 Å². The van der Waals surface area contributed by atoms with Gasteiger partial charge in [-0.05, 0) is 60.4 Å². The Morgan fingerprint density at radius 2 is 1.00 bits per heavy atom. The minimum atomic E-state index is 0. The molecule has 0 radical (unpaired) electrons. The third kappa shape index (κ3) is 16.2. The van der Waals surface area contributed by atoms with Crippen LogP contribution < -0.4 is 43.8 Å². The number of para-hydroxylation sites is 2. The molecule has 2 heterocycles. The van der Waals surface area contributed by atoms with Gasteiger partial charge in [-0.15, -0.1) is 12.4 Å². The van der Waals surface area contributed by atoms with Crippen molar-refractivity contribution in [1.82, 2.24) is 19.9 Å². The lowest BCUT2D eigenvalue weighted by Crippen LogP contribution is -2.08. The number of methoxy groups -OCH3 is 6. The fourth-order valence-electron chi connectivity index (χ4n) is 5.30. The topological polar surface area (TPSA) is 160 Å². The SMILES string of the molecule is COc1ccc(CCNc2cc(Cl)nc(OC)n2)cc1.COc1ccc(CCNc2cc(OCc3ccccc3OC)nc(OC)n2)cc1.COc1ccccc1CO.Cl. The summed E-state index contributed by atoms with van der Waals surface area (Å²) in [7, 11) is 9.58. The molecule has 14 nitrogen and oxygen atoms in total. The number of hydrogen-bond donors (Lipinski definition) is 3. The van der Waals surface area contributed by atoms with Crippen LogP contribution in [0.4, 0.5) is 11.6 Å². The normalized spacial score (nSPS) is 9.93. The standard InChI is InChI=1S/C22H25N3O4.C14H16ClN3O2.C8H10O2.ClH/c1-26-18-10-8-16(9-11-18)12-13-23-20-14-21(25-22(24-20)28-3)29-15-17-6-4-5-7-19(17)27-2;1-19-11-5-3-10(4-6-11)7-8-16-13-9-12(15)17-14(18-13)20-2;1-10-8-5-3-2-4-7(8)6-9;/h4-11,14H,12-13,15H2,1-3H3,(H,23,24,25);3-6,9H,7-8H2,1-2H3,(H,16,17,18);2-5,9H,6H2,1H3;1H.